The van der Waals surface area contributed by atoms with Gasteiger partial charge in [0.2, 0.25) is 4.96 Å². The molecule has 0 unspecified atom stereocenters. The first-order valence-electron chi connectivity index (χ1n) is 10.6. The number of rotatable bonds is 7. The van der Waals surface area contributed by atoms with E-state index in [1.54, 1.807) is 28.8 Å². The van der Waals surface area contributed by atoms with Crippen LogP contribution in [0.15, 0.2) is 42.5 Å². The Bertz CT molecular complexity index is 1300. The average molecular weight is 481 g/mol. The second kappa shape index (κ2) is 10.1. The van der Waals surface area contributed by atoms with Crippen molar-refractivity contribution in [3.05, 3.63) is 59.4 Å². The Morgan fingerprint density at radius 1 is 1.15 bits per heavy atom. The SMILES string of the molecule is CCCCOc1ccc(C(=O)NC(=S)Nc2ccc(-c3nn4c(C)nnc4s3)cc2C)cc1. The highest BCUT2D eigenvalue weighted by molar-refractivity contribution is 7.80. The summed E-state index contributed by atoms with van der Waals surface area (Å²) in [5, 5.41) is 19.6. The Morgan fingerprint density at radius 2 is 1.94 bits per heavy atom. The summed E-state index contributed by atoms with van der Waals surface area (Å²) in [6, 6.07) is 12.9. The van der Waals surface area contributed by atoms with Gasteiger partial charge in [-0.25, -0.2) is 0 Å². The predicted octanol–water partition coefficient (Wildman–Crippen LogP) is 4.78. The van der Waals surface area contributed by atoms with Crippen LogP contribution in [0.1, 0.15) is 41.5 Å². The summed E-state index contributed by atoms with van der Waals surface area (Å²) in [6.07, 6.45) is 2.07. The minimum absolute atomic E-state index is 0.230. The van der Waals surface area contributed by atoms with Crippen molar-refractivity contribution in [2.24, 2.45) is 0 Å². The van der Waals surface area contributed by atoms with Crippen LogP contribution in [-0.4, -0.2) is 37.4 Å². The third-order valence-electron chi connectivity index (χ3n) is 4.98. The van der Waals surface area contributed by atoms with Crippen molar-refractivity contribution in [3.63, 3.8) is 0 Å². The number of aromatic nitrogens is 4. The Labute approximate surface area is 201 Å². The number of unbranched alkanes of at least 4 members (excludes halogenated alkanes) is 1. The minimum atomic E-state index is -0.281. The summed E-state index contributed by atoms with van der Waals surface area (Å²) in [5.74, 6) is 1.22. The Hall–Kier alpha value is -3.37. The lowest BCUT2D eigenvalue weighted by Gasteiger charge is -2.13. The second-order valence-corrected chi connectivity index (χ2v) is 8.88. The molecule has 2 aromatic heterocycles. The molecular weight excluding hydrogens is 456 g/mol. The zero-order valence-corrected chi connectivity index (χ0v) is 20.2. The van der Waals surface area contributed by atoms with E-state index >= 15 is 0 Å². The van der Waals surface area contributed by atoms with Gasteiger partial charge in [0.25, 0.3) is 5.91 Å². The van der Waals surface area contributed by atoms with E-state index in [0.717, 1.165) is 51.2 Å². The normalized spacial score (nSPS) is 10.9. The van der Waals surface area contributed by atoms with Gasteiger partial charge < -0.3 is 10.1 Å². The molecule has 10 heteroatoms. The molecule has 2 heterocycles. The number of anilines is 1. The first-order valence-corrected chi connectivity index (χ1v) is 11.8. The largest absolute Gasteiger partial charge is 0.494 e. The molecule has 0 radical (unpaired) electrons. The van der Waals surface area contributed by atoms with E-state index in [2.05, 4.69) is 32.9 Å². The van der Waals surface area contributed by atoms with Gasteiger partial charge in [0.05, 0.1) is 6.61 Å². The van der Waals surface area contributed by atoms with Crippen molar-refractivity contribution in [3.8, 4) is 16.3 Å². The van der Waals surface area contributed by atoms with Crippen molar-refractivity contribution >= 4 is 45.2 Å². The highest BCUT2D eigenvalue weighted by Gasteiger charge is 2.13. The van der Waals surface area contributed by atoms with Crippen molar-refractivity contribution in [2.75, 3.05) is 11.9 Å². The van der Waals surface area contributed by atoms with Gasteiger partial charge in [-0.15, -0.1) is 10.2 Å². The molecule has 0 spiro atoms. The van der Waals surface area contributed by atoms with Gasteiger partial charge in [-0.3, -0.25) is 10.1 Å². The molecule has 0 saturated heterocycles. The molecule has 0 saturated carbocycles. The third kappa shape index (κ3) is 5.35. The maximum Gasteiger partial charge on any atom is 0.257 e. The summed E-state index contributed by atoms with van der Waals surface area (Å²) >= 11 is 6.82. The smallest absolute Gasteiger partial charge is 0.257 e. The first kappa shape index (κ1) is 22.8. The van der Waals surface area contributed by atoms with Crippen molar-refractivity contribution in [1.82, 2.24) is 25.1 Å². The molecule has 2 aromatic carbocycles. The van der Waals surface area contributed by atoms with Crippen LogP contribution in [0.3, 0.4) is 0 Å². The van der Waals surface area contributed by atoms with Crippen LogP contribution in [-0.2, 0) is 0 Å². The molecule has 0 aliphatic rings. The summed E-state index contributed by atoms with van der Waals surface area (Å²) in [7, 11) is 0. The Kier molecular flexibility index (Phi) is 6.95. The van der Waals surface area contributed by atoms with Gasteiger partial charge in [-0.2, -0.15) is 9.61 Å². The summed E-state index contributed by atoms with van der Waals surface area (Å²) < 4.78 is 7.36. The maximum atomic E-state index is 12.5. The van der Waals surface area contributed by atoms with E-state index in [0.29, 0.717) is 12.2 Å². The molecule has 8 nitrogen and oxygen atoms in total. The molecule has 0 bridgehead atoms. The minimum Gasteiger partial charge on any atom is -0.494 e. The molecule has 1 amide bonds. The van der Waals surface area contributed by atoms with Crippen molar-refractivity contribution in [1.29, 1.82) is 0 Å². The lowest BCUT2D eigenvalue weighted by molar-refractivity contribution is 0.0977. The molecule has 0 aliphatic carbocycles. The number of carbonyl (C=O) groups is 1. The van der Waals surface area contributed by atoms with Crippen LogP contribution < -0.4 is 15.4 Å². The number of nitrogens with one attached hydrogen (secondary N) is 2. The molecule has 170 valence electrons. The van der Waals surface area contributed by atoms with Crippen LogP contribution in [0.4, 0.5) is 5.69 Å². The monoisotopic (exact) mass is 480 g/mol. The van der Waals surface area contributed by atoms with Gasteiger partial charge in [0.15, 0.2) is 10.9 Å². The molecular formula is C23H24N6O2S2. The third-order valence-corrected chi connectivity index (χ3v) is 6.13. The molecule has 0 aliphatic heterocycles. The lowest BCUT2D eigenvalue weighted by atomic mass is 10.1. The van der Waals surface area contributed by atoms with Gasteiger partial charge >= 0.3 is 0 Å². The number of amides is 1. The average Bonchev–Trinajstić information content (AvgIpc) is 3.38. The summed E-state index contributed by atoms with van der Waals surface area (Å²) in [4.78, 5) is 13.3. The van der Waals surface area contributed by atoms with Crippen LogP contribution in [0.5, 0.6) is 5.75 Å². The zero-order valence-electron chi connectivity index (χ0n) is 18.6. The van der Waals surface area contributed by atoms with E-state index in [9.17, 15) is 4.79 Å². The molecule has 4 rings (SSSR count). The first-order chi connectivity index (χ1) is 15.9. The number of hydrogen-bond donors (Lipinski definition) is 2. The highest BCUT2D eigenvalue weighted by Crippen LogP contribution is 2.28. The number of carbonyl (C=O) groups excluding carboxylic acids is 1. The fourth-order valence-corrected chi connectivity index (χ4v) is 4.22. The Morgan fingerprint density at radius 3 is 2.64 bits per heavy atom. The van der Waals surface area contributed by atoms with E-state index in [-0.39, 0.29) is 11.0 Å². The molecule has 4 aromatic rings. The molecule has 33 heavy (non-hydrogen) atoms. The number of hydrogen-bond acceptors (Lipinski definition) is 7. The standard InChI is InChI=1S/C23H24N6O2S2/c1-4-5-12-31-18-9-6-16(7-10-18)20(30)25-22(32)24-19-11-8-17(13-14(19)2)21-28-29-15(3)26-27-23(29)33-21/h6-11,13H,4-5,12H2,1-3H3,(H2,24,25,30,32). The van der Waals surface area contributed by atoms with Crippen molar-refractivity contribution in [2.45, 2.75) is 33.6 Å². The summed E-state index contributed by atoms with van der Waals surface area (Å²) in [5.41, 5.74) is 3.26. The van der Waals surface area contributed by atoms with Crippen LogP contribution in [0.2, 0.25) is 0 Å². The zero-order chi connectivity index (χ0) is 23.4. The van der Waals surface area contributed by atoms with E-state index in [1.165, 1.54) is 11.3 Å². The number of fused-ring (bicyclic) bond motifs is 1. The molecule has 0 atom stereocenters. The second-order valence-electron chi connectivity index (χ2n) is 7.51. The van der Waals surface area contributed by atoms with Crippen LogP contribution in [0, 0.1) is 13.8 Å². The van der Waals surface area contributed by atoms with Crippen molar-refractivity contribution < 1.29 is 9.53 Å². The number of ether oxygens (including phenoxy) is 1. The quantitative estimate of drug-likeness (QED) is 0.291. The number of nitrogens with zero attached hydrogens (tertiary/aromatic N) is 4. The molecule has 2 N–H and O–H groups in total. The van der Waals surface area contributed by atoms with E-state index in [4.69, 9.17) is 17.0 Å². The van der Waals surface area contributed by atoms with Crippen LogP contribution >= 0.6 is 23.6 Å². The lowest BCUT2D eigenvalue weighted by Crippen LogP contribution is -2.34. The Balaban J connectivity index is 1.37. The maximum absolute atomic E-state index is 12.5. The fraction of sp³-hybridized carbons (Fsp3) is 0.261. The number of aryl methyl sites for hydroxylation is 2. The number of thiocarbonyl (C=S) groups is 1. The van der Waals surface area contributed by atoms with Gasteiger partial charge in [0, 0.05) is 16.8 Å². The van der Waals surface area contributed by atoms with Gasteiger partial charge in [-0.05, 0) is 80.5 Å². The van der Waals surface area contributed by atoms with Crippen LogP contribution in [0.25, 0.3) is 15.5 Å². The highest BCUT2D eigenvalue weighted by atomic mass is 32.1. The van der Waals surface area contributed by atoms with E-state index < -0.39 is 0 Å². The molecule has 0 fully saturated rings. The summed E-state index contributed by atoms with van der Waals surface area (Å²) in [6.45, 7) is 6.62. The fourth-order valence-electron chi connectivity index (χ4n) is 3.13. The predicted molar refractivity (Wildman–Crippen MR) is 134 cm³/mol. The topological polar surface area (TPSA) is 93.4 Å². The van der Waals surface area contributed by atoms with Gasteiger partial charge in [-0.1, -0.05) is 24.7 Å². The number of benzene rings is 2. The van der Waals surface area contributed by atoms with Gasteiger partial charge in [0.1, 0.15) is 10.8 Å². The van der Waals surface area contributed by atoms with E-state index in [1.807, 2.05) is 32.0 Å².